The third-order valence-electron chi connectivity index (χ3n) is 4.39. The molecule has 2 saturated heterocycles. The van der Waals surface area contributed by atoms with Crippen molar-refractivity contribution in [1.82, 2.24) is 15.1 Å². The molecule has 0 saturated carbocycles. The molecule has 21 heavy (non-hydrogen) atoms. The third-order valence-corrected chi connectivity index (χ3v) is 6.37. The Hall–Kier alpha value is -0.860. The lowest BCUT2D eigenvalue weighted by Crippen LogP contribution is -2.52. The molecular weight excluding hydrogens is 308 g/mol. The molecule has 1 aromatic heterocycles. The predicted molar refractivity (Wildman–Crippen MR) is 84.1 cm³/mol. The van der Waals surface area contributed by atoms with Crippen LogP contribution in [0.5, 0.6) is 0 Å². The maximum absolute atomic E-state index is 10.6. The van der Waals surface area contributed by atoms with Crippen molar-refractivity contribution >= 4 is 34.2 Å². The molecule has 6 nitrogen and oxygen atoms in total. The van der Waals surface area contributed by atoms with E-state index in [4.69, 9.17) is 5.11 Å². The van der Waals surface area contributed by atoms with Gasteiger partial charge >= 0.3 is 5.97 Å². The van der Waals surface area contributed by atoms with E-state index < -0.39 is 5.97 Å². The van der Waals surface area contributed by atoms with Gasteiger partial charge in [0.25, 0.3) is 0 Å². The van der Waals surface area contributed by atoms with Crippen LogP contribution < -0.4 is 5.32 Å². The van der Waals surface area contributed by atoms with Gasteiger partial charge in [0.15, 0.2) is 4.34 Å². The lowest BCUT2D eigenvalue weighted by atomic mass is 9.82. The number of carboxylic acid groups (broad SMARTS) is 1. The van der Waals surface area contributed by atoms with Gasteiger partial charge in [-0.3, -0.25) is 4.79 Å². The second kappa shape index (κ2) is 6.50. The van der Waals surface area contributed by atoms with Crippen molar-refractivity contribution in [3.05, 3.63) is 0 Å². The molecule has 8 heteroatoms. The second-order valence-electron chi connectivity index (χ2n) is 5.77. The van der Waals surface area contributed by atoms with Crippen LogP contribution in [0.2, 0.25) is 0 Å². The number of carbonyl (C=O) groups is 1. The van der Waals surface area contributed by atoms with Crippen LogP contribution in [-0.4, -0.2) is 57.1 Å². The summed E-state index contributed by atoms with van der Waals surface area (Å²) in [6.45, 7) is 0. The van der Waals surface area contributed by atoms with Crippen molar-refractivity contribution in [1.29, 1.82) is 0 Å². The van der Waals surface area contributed by atoms with Crippen LogP contribution >= 0.6 is 23.1 Å². The summed E-state index contributed by atoms with van der Waals surface area (Å²) in [6.07, 6.45) is 6.25. The molecule has 2 aliphatic heterocycles. The summed E-state index contributed by atoms with van der Waals surface area (Å²) in [5, 5.41) is 21.2. The maximum Gasteiger partial charge on any atom is 0.313 e. The first-order valence-corrected chi connectivity index (χ1v) is 9.08. The topological polar surface area (TPSA) is 78.3 Å². The van der Waals surface area contributed by atoms with Gasteiger partial charge in [0.05, 0.1) is 5.75 Å². The number of piperidine rings is 2. The molecule has 0 aromatic carbocycles. The molecule has 1 aromatic rings. The third kappa shape index (κ3) is 3.67. The standard InChI is InChI=1S/C13H20N4O2S2/c1-17-9-3-2-4-10(17)6-8(5-9)14-12-15-16-13(21-12)20-7-11(18)19/h8-10H,2-7H2,1H3,(H,14,15)(H,18,19). The van der Waals surface area contributed by atoms with Gasteiger partial charge in [0.2, 0.25) is 5.13 Å². The normalized spacial score (nSPS) is 29.3. The molecule has 3 rings (SSSR count). The monoisotopic (exact) mass is 328 g/mol. The number of aliphatic carboxylic acids is 1. The first-order chi connectivity index (χ1) is 10.1. The zero-order valence-corrected chi connectivity index (χ0v) is 13.6. The van der Waals surface area contributed by atoms with Gasteiger partial charge in [0, 0.05) is 18.1 Å². The van der Waals surface area contributed by atoms with E-state index in [-0.39, 0.29) is 5.75 Å². The van der Waals surface area contributed by atoms with Crippen LogP contribution in [0.15, 0.2) is 4.34 Å². The second-order valence-corrected chi connectivity index (χ2v) is 7.97. The van der Waals surface area contributed by atoms with Crippen molar-refractivity contribution in [2.45, 2.75) is 54.6 Å². The number of thioether (sulfide) groups is 1. The highest BCUT2D eigenvalue weighted by Gasteiger charge is 2.36. The predicted octanol–water partition coefficient (Wildman–Crippen LogP) is 2.14. The van der Waals surface area contributed by atoms with E-state index in [1.54, 1.807) is 0 Å². The van der Waals surface area contributed by atoms with E-state index in [0.717, 1.165) is 18.0 Å². The quantitative estimate of drug-likeness (QED) is 0.802. The van der Waals surface area contributed by atoms with E-state index in [2.05, 4.69) is 27.5 Å². The number of fused-ring (bicyclic) bond motifs is 2. The first kappa shape index (κ1) is 15.1. The van der Waals surface area contributed by atoms with E-state index in [1.807, 2.05) is 0 Å². The minimum atomic E-state index is -0.826. The summed E-state index contributed by atoms with van der Waals surface area (Å²) >= 11 is 2.68. The summed E-state index contributed by atoms with van der Waals surface area (Å²) in [6, 6.07) is 1.83. The number of nitrogens with zero attached hydrogens (tertiary/aromatic N) is 3. The van der Waals surface area contributed by atoms with E-state index in [9.17, 15) is 4.79 Å². The Morgan fingerprint density at radius 2 is 2.14 bits per heavy atom. The van der Waals surface area contributed by atoms with Gasteiger partial charge in [-0.15, -0.1) is 10.2 Å². The van der Waals surface area contributed by atoms with Crippen molar-refractivity contribution in [2.75, 3.05) is 18.1 Å². The average Bonchev–Trinajstić information content (AvgIpc) is 2.85. The molecule has 3 heterocycles. The van der Waals surface area contributed by atoms with Crippen LogP contribution in [0.4, 0.5) is 5.13 Å². The van der Waals surface area contributed by atoms with Crippen molar-refractivity contribution in [3.63, 3.8) is 0 Å². The fourth-order valence-corrected chi connectivity index (χ4v) is 4.91. The van der Waals surface area contributed by atoms with Gasteiger partial charge in [-0.2, -0.15) is 0 Å². The number of hydrogen-bond acceptors (Lipinski definition) is 7. The fourth-order valence-electron chi connectivity index (χ4n) is 3.36. The molecule has 2 bridgehead atoms. The van der Waals surface area contributed by atoms with Crippen LogP contribution in [0.1, 0.15) is 32.1 Å². The summed E-state index contributed by atoms with van der Waals surface area (Å²) in [5.74, 6) is -0.791. The van der Waals surface area contributed by atoms with Gasteiger partial charge in [-0.1, -0.05) is 29.5 Å². The van der Waals surface area contributed by atoms with Crippen molar-refractivity contribution < 1.29 is 9.90 Å². The number of nitrogens with one attached hydrogen (secondary N) is 1. The smallest absolute Gasteiger partial charge is 0.313 e. The highest BCUT2D eigenvalue weighted by Crippen LogP contribution is 2.34. The lowest BCUT2D eigenvalue weighted by molar-refractivity contribution is -0.133. The highest BCUT2D eigenvalue weighted by molar-refractivity contribution is 8.01. The van der Waals surface area contributed by atoms with Crippen LogP contribution in [0.3, 0.4) is 0 Å². The van der Waals surface area contributed by atoms with Gasteiger partial charge in [-0.05, 0) is 32.7 Å². The SMILES string of the molecule is CN1C2CCCC1CC(Nc1nnc(SCC(=O)O)s1)C2. The molecule has 0 spiro atoms. The molecule has 116 valence electrons. The molecule has 0 aliphatic carbocycles. The average molecular weight is 328 g/mol. The number of hydrogen-bond donors (Lipinski definition) is 2. The van der Waals surface area contributed by atoms with Gasteiger partial charge in [-0.25, -0.2) is 0 Å². The Balaban J connectivity index is 1.56. The Morgan fingerprint density at radius 3 is 2.81 bits per heavy atom. The van der Waals surface area contributed by atoms with Crippen LogP contribution in [0, 0.1) is 0 Å². The summed E-state index contributed by atoms with van der Waals surface area (Å²) in [5.41, 5.74) is 0. The van der Waals surface area contributed by atoms with Crippen LogP contribution in [0.25, 0.3) is 0 Å². The van der Waals surface area contributed by atoms with Crippen molar-refractivity contribution in [2.24, 2.45) is 0 Å². The number of aromatic nitrogens is 2. The molecule has 2 unspecified atom stereocenters. The zero-order chi connectivity index (χ0) is 14.8. The Kier molecular flexibility index (Phi) is 4.66. The first-order valence-electron chi connectivity index (χ1n) is 7.28. The Labute approximate surface area is 132 Å². The molecule has 2 atom stereocenters. The Morgan fingerprint density at radius 1 is 1.43 bits per heavy atom. The number of anilines is 1. The molecule has 2 N–H and O–H groups in total. The molecule has 0 radical (unpaired) electrons. The number of rotatable bonds is 5. The highest BCUT2D eigenvalue weighted by atomic mass is 32.2. The lowest BCUT2D eigenvalue weighted by Gasteiger charge is -2.47. The van der Waals surface area contributed by atoms with Gasteiger partial charge < -0.3 is 15.3 Å². The summed E-state index contributed by atoms with van der Waals surface area (Å²) in [4.78, 5) is 13.1. The van der Waals surface area contributed by atoms with E-state index in [0.29, 0.717) is 22.5 Å². The fraction of sp³-hybridized carbons (Fsp3) is 0.769. The summed E-state index contributed by atoms with van der Waals surface area (Å²) < 4.78 is 0.716. The van der Waals surface area contributed by atoms with Crippen LogP contribution in [-0.2, 0) is 4.79 Å². The molecule has 0 amide bonds. The number of carboxylic acids is 1. The minimum absolute atomic E-state index is 0.0347. The largest absolute Gasteiger partial charge is 0.481 e. The maximum atomic E-state index is 10.6. The molecule has 2 fully saturated rings. The van der Waals surface area contributed by atoms with Gasteiger partial charge in [0.1, 0.15) is 0 Å². The zero-order valence-electron chi connectivity index (χ0n) is 12.0. The van der Waals surface area contributed by atoms with E-state index in [1.165, 1.54) is 42.4 Å². The van der Waals surface area contributed by atoms with Crippen molar-refractivity contribution in [3.8, 4) is 0 Å². The summed E-state index contributed by atoms with van der Waals surface area (Å²) in [7, 11) is 2.25. The minimum Gasteiger partial charge on any atom is -0.481 e. The molecule has 2 aliphatic rings. The Bertz CT molecular complexity index is 496. The van der Waals surface area contributed by atoms with E-state index >= 15 is 0 Å². The molecular formula is C13H20N4O2S2.